The summed E-state index contributed by atoms with van der Waals surface area (Å²) in [6, 6.07) is -1.23. The van der Waals surface area contributed by atoms with Crippen LogP contribution in [0.2, 0.25) is 0 Å². The molecule has 1 saturated heterocycles. The molecule has 1 N–H and O–H groups in total. The van der Waals surface area contributed by atoms with Crippen molar-refractivity contribution in [2.45, 2.75) is 31.4 Å². The molecular weight excluding hydrogens is 511 g/mol. The lowest BCUT2D eigenvalue weighted by molar-refractivity contribution is -0.149. The zero-order valence-corrected chi connectivity index (χ0v) is 20.8. The van der Waals surface area contributed by atoms with Gasteiger partial charge >= 0.3 is 28.0 Å². The van der Waals surface area contributed by atoms with Gasteiger partial charge in [0.2, 0.25) is 23.0 Å². The minimum atomic E-state index is -1.66. The minimum absolute atomic E-state index is 0.0672. The Morgan fingerprint density at radius 3 is 2.68 bits per heavy atom. The third-order valence-electron chi connectivity index (χ3n) is 4.82. The molecule has 13 nitrogen and oxygen atoms in total. The highest BCUT2D eigenvalue weighted by molar-refractivity contribution is 7.92. The third-order valence-corrected chi connectivity index (χ3v) is 7.42. The van der Waals surface area contributed by atoms with Gasteiger partial charge in [0.15, 0.2) is 6.04 Å². The number of oxime groups is 1. The number of nitrogens with one attached hydrogen (secondary N) is 1. The van der Waals surface area contributed by atoms with Crippen molar-refractivity contribution in [2.75, 3.05) is 11.6 Å². The number of halogens is 1. The van der Waals surface area contributed by atoms with Crippen molar-refractivity contribution in [1.29, 1.82) is 0 Å². The fraction of sp³-hybridized carbons (Fsp3) is 0.438. The van der Waals surface area contributed by atoms with Gasteiger partial charge in [0.25, 0.3) is 11.8 Å². The third kappa shape index (κ3) is 4.92. The highest BCUT2D eigenvalue weighted by Gasteiger charge is 2.61. The number of amides is 2. The fourth-order valence-electron chi connectivity index (χ4n) is 3.17. The van der Waals surface area contributed by atoms with Crippen LogP contribution in [0.5, 0.6) is 0 Å². The highest BCUT2D eigenvalue weighted by Crippen LogP contribution is 2.37. The van der Waals surface area contributed by atoms with Gasteiger partial charge in [0, 0.05) is 5.57 Å². The molecule has 0 spiro atoms. The van der Waals surface area contributed by atoms with E-state index in [-0.39, 0.29) is 23.2 Å². The number of aryl methyl sites for hydroxylation is 1. The molecule has 1 fully saturated rings. The standard InChI is InChI=1S/C16H18B2ClN5O8S2/c1-5(15(27)30-17)32-22-8(11-20-6(2)33-23-11)12(25)21-9-13(26)24-10(16(28)31-18)7(3-19)4-34(29)14(9)24/h5,9,14H,3-4,17-18H2,1-2H3,(H,21,25)/b22-8-/t5-,9-,14-,34?/m1/s1. The number of carbonyl (C=O) groups excluding carboxylic acids is 4. The average molecular weight is 530 g/mol. The molecule has 2 amide bonds. The zero-order chi connectivity index (χ0) is 25.2. The van der Waals surface area contributed by atoms with E-state index in [1.54, 1.807) is 6.92 Å². The van der Waals surface area contributed by atoms with Gasteiger partial charge in [-0.15, -0.1) is 11.6 Å². The Hall–Kier alpha value is -2.62. The van der Waals surface area contributed by atoms with E-state index in [0.717, 1.165) is 32.5 Å². The molecule has 0 bridgehead atoms. The molecule has 180 valence electrons. The number of rotatable bonds is 8. The van der Waals surface area contributed by atoms with E-state index in [1.807, 2.05) is 0 Å². The Bertz CT molecular complexity index is 1090. The largest absolute Gasteiger partial charge is 0.614 e. The van der Waals surface area contributed by atoms with Gasteiger partial charge in [-0.05, 0) is 36.6 Å². The smallest absolute Gasteiger partial charge is 0.337 e. The Morgan fingerprint density at radius 1 is 1.41 bits per heavy atom. The van der Waals surface area contributed by atoms with Crippen molar-refractivity contribution in [3.05, 3.63) is 22.1 Å². The topological polar surface area (TPSA) is 172 Å². The monoisotopic (exact) mass is 529 g/mol. The molecule has 1 aromatic heterocycles. The van der Waals surface area contributed by atoms with Crippen LogP contribution < -0.4 is 5.32 Å². The van der Waals surface area contributed by atoms with Crippen LogP contribution in [0.1, 0.15) is 17.8 Å². The number of aromatic nitrogens is 2. The molecule has 2 aliphatic heterocycles. The Balaban J connectivity index is 1.85. The van der Waals surface area contributed by atoms with Crippen molar-refractivity contribution in [2.24, 2.45) is 5.16 Å². The van der Waals surface area contributed by atoms with Gasteiger partial charge in [0.05, 0.1) is 5.88 Å². The van der Waals surface area contributed by atoms with Gasteiger partial charge < -0.3 is 24.0 Å². The van der Waals surface area contributed by atoms with E-state index in [2.05, 4.69) is 24.5 Å². The molecule has 3 heterocycles. The molecule has 1 aromatic rings. The average Bonchev–Trinajstić information content (AvgIpc) is 3.26. The quantitative estimate of drug-likeness (QED) is 0.0916. The number of nitrogens with zero attached hydrogens (tertiary/aromatic N) is 4. The molecule has 2 aliphatic rings. The second-order valence-electron chi connectivity index (χ2n) is 7.00. The maximum atomic E-state index is 13.0. The predicted molar refractivity (Wildman–Crippen MR) is 124 cm³/mol. The summed E-state index contributed by atoms with van der Waals surface area (Å²) in [6.45, 7) is 3.01. The first kappa shape index (κ1) is 26.0. The van der Waals surface area contributed by atoms with Crippen LogP contribution >= 0.6 is 23.1 Å². The second kappa shape index (κ2) is 10.8. The molecule has 0 saturated carbocycles. The second-order valence-corrected chi connectivity index (χ2v) is 9.76. The van der Waals surface area contributed by atoms with Crippen LogP contribution in [0.3, 0.4) is 0 Å². The Labute approximate surface area is 207 Å². The van der Waals surface area contributed by atoms with Crippen LogP contribution in [-0.2, 0) is 44.5 Å². The number of hydrogen-bond donors (Lipinski definition) is 1. The lowest BCUT2D eigenvalue weighted by Crippen LogP contribution is -2.75. The number of carbonyl (C=O) groups is 4. The SMILES string of the molecule is BOC(=O)C1=C(CCl)C[S+]([O-])[C@@H]2[C@H](NC(=O)/C(=N\O[C@H](C)C(=O)OB)c3nsc(C)n3)C(=O)N12. The van der Waals surface area contributed by atoms with Gasteiger partial charge in [-0.25, -0.2) is 14.6 Å². The maximum Gasteiger partial charge on any atom is 0.337 e. The van der Waals surface area contributed by atoms with Crippen LogP contribution in [0, 0.1) is 6.92 Å². The Kier molecular flexibility index (Phi) is 8.22. The number of alkyl halides is 1. The van der Waals surface area contributed by atoms with Crippen molar-refractivity contribution in [3.63, 3.8) is 0 Å². The lowest BCUT2D eigenvalue weighted by Gasteiger charge is -2.49. The van der Waals surface area contributed by atoms with E-state index >= 15 is 0 Å². The Morgan fingerprint density at radius 2 is 2.12 bits per heavy atom. The highest BCUT2D eigenvalue weighted by atomic mass is 35.5. The summed E-state index contributed by atoms with van der Waals surface area (Å²) in [5.41, 5.74) is -0.188. The zero-order valence-electron chi connectivity index (χ0n) is 18.4. The molecule has 4 atom stereocenters. The van der Waals surface area contributed by atoms with E-state index in [9.17, 15) is 23.7 Å². The fourth-order valence-corrected chi connectivity index (χ4v) is 5.66. The van der Waals surface area contributed by atoms with Gasteiger partial charge in [-0.1, -0.05) is 5.16 Å². The van der Waals surface area contributed by atoms with E-state index in [0.29, 0.717) is 10.6 Å². The van der Waals surface area contributed by atoms with Crippen LogP contribution in [0.4, 0.5) is 0 Å². The normalized spacial score (nSPS) is 22.9. The molecule has 18 heteroatoms. The summed E-state index contributed by atoms with van der Waals surface area (Å²) in [7, 11) is 2.31. The summed E-state index contributed by atoms with van der Waals surface area (Å²) in [4.78, 5) is 59.9. The summed E-state index contributed by atoms with van der Waals surface area (Å²) < 4.78 is 26.1. The maximum absolute atomic E-state index is 13.0. The minimum Gasteiger partial charge on any atom is -0.614 e. The molecule has 34 heavy (non-hydrogen) atoms. The summed E-state index contributed by atoms with van der Waals surface area (Å²) in [6.07, 6.45) is -1.14. The van der Waals surface area contributed by atoms with Crippen LogP contribution in [0.25, 0.3) is 0 Å². The van der Waals surface area contributed by atoms with Crippen molar-refractivity contribution in [3.8, 4) is 0 Å². The molecule has 3 rings (SSSR count). The van der Waals surface area contributed by atoms with E-state index in [1.165, 1.54) is 6.92 Å². The number of hydrogen-bond acceptors (Lipinski definition) is 12. The van der Waals surface area contributed by atoms with Crippen molar-refractivity contribution < 1.29 is 37.9 Å². The van der Waals surface area contributed by atoms with Crippen LogP contribution in [-0.4, -0.2) is 93.5 Å². The van der Waals surface area contributed by atoms with Crippen molar-refractivity contribution in [1.82, 2.24) is 19.6 Å². The first-order chi connectivity index (χ1) is 16.1. The molecule has 0 radical (unpaired) electrons. The van der Waals surface area contributed by atoms with Gasteiger partial charge in [0.1, 0.15) is 16.5 Å². The predicted octanol–water partition coefficient (Wildman–Crippen LogP) is -2.95. The van der Waals surface area contributed by atoms with Crippen molar-refractivity contribution >= 4 is 79.9 Å². The molecule has 1 unspecified atom stereocenters. The first-order valence-corrected chi connectivity index (χ1v) is 12.3. The summed E-state index contributed by atoms with van der Waals surface area (Å²) >= 11 is 5.21. The molecular formula is C16H18B2ClN5O8S2. The number of fused-ring (bicyclic) bond motifs is 1. The van der Waals surface area contributed by atoms with E-state index < -0.39 is 58.2 Å². The van der Waals surface area contributed by atoms with Crippen LogP contribution in [0.15, 0.2) is 16.4 Å². The van der Waals surface area contributed by atoms with Gasteiger partial charge in [-0.2, -0.15) is 4.37 Å². The summed E-state index contributed by atoms with van der Waals surface area (Å²) in [5.74, 6) is -3.40. The molecule has 0 aliphatic carbocycles. The first-order valence-electron chi connectivity index (χ1n) is 9.64. The van der Waals surface area contributed by atoms with E-state index in [4.69, 9.17) is 21.1 Å². The summed E-state index contributed by atoms with van der Waals surface area (Å²) in [5, 5.41) is 5.66. The molecule has 0 aromatic carbocycles. The number of β-lactam (4-membered cyclic amide) rings is 1. The lowest BCUT2D eigenvalue weighted by atomic mass is 10.0. The van der Waals surface area contributed by atoms with Gasteiger partial charge in [-0.3, -0.25) is 14.5 Å².